The third-order valence-electron chi connectivity index (χ3n) is 9.58. The van der Waals surface area contributed by atoms with E-state index in [1.807, 2.05) is 18.2 Å². The molecular formula is C33H27ClN2O4S2. The summed E-state index contributed by atoms with van der Waals surface area (Å²) in [4.78, 5) is 45.9. The zero-order valence-corrected chi connectivity index (χ0v) is 25.0. The number of nitrogens with one attached hydrogen (secondary N) is 1. The van der Waals surface area contributed by atoms with Gasteiger partial charge in [-0.1, -0.05) is 71.0 Å². The number of thiazole rings is 1. The predicted molar refractivity (Wildman–Crippen MR) is 164 cm³/mol. The molecule has 42 heavy (non-hydrogen) atoms. The number of halogens is 1. The van der Waals surface area contributed by atoms with Gasteiger partial charge in [-0.05, 0) is 67.0 Å². The van der Waals surface area contributed by atoms with E-state index in [1.54, 1.807) is 36.0 Å². The van der Waals surface area contributed by atoms with Crippen LogP contribution < -0.4 is 14.5 Å². The average Bonchev–Trinajstić information content (AvgIpc) is 3.72. The number of rotatable bonds is 5. The van der Waals surface area contributed by atoms with Gasteiger partial charge in [-0.3, -0.25) is 19.3 Å². The molecule has 1 N–H and O–H groups in total. The molecule has 3 fully saturated rings. The van der Waals surface area contributed by atoms with E-state index in [4.69, 9.17) is 16.3 Å². The molecule has 0 spiro atoms. The molecule has 7 atom stereocenters. The van der Waals surface area contributed by atoms with Crippen LogP contribution in [0.4, 0.5) is 5.69 Å². The average molecular weight is 615 g/mol. The van der Waals surface area contributed by atoms with Gasteiger partial charge in [0, 0.05) is 26.6 Å². The standard InChI is InChI=1S/C33H27ClN2O4S2/c1-16-6-8-17(9-7-16)15-40-23-5-3-2-4-20(23)24-25-21-14-22(28(25)41-30-29(24)42-33(39)35-30)27-26(21)31(37)36(32(27)38)19-12-10-18(34)11-13-19/h2-13,21-22,24-28H,14-15H2,1H3,(H,35,39)/t21-,22-,24?,25?,26?,27?,28?/m1/s1. The number of aromatic amines is 1. The Kier molecular flexibility index (Phi) is 6.18. The van der Waals surface area contributed by atoms with Crippen LogP contribution in [-0.4, -0.2) is 22.0 Å². The minimum absolute atomic E-state index is 0.0340. The van der Waals surface area contributed by atoms with Gasteiger partial charge in [-0.15, -0.1) is 11.8 Å². The molecule has 212 valence electrons. The summed E-state index contributed by atoms with van der Waals surface area (Å²) < 4.78 is 6.45. The Labute approximate surface area is 256 Å². The van der Waals surface area contributed by atoms with E-state index in [9.17, 15) is 14.4 Å². The molecule has 2 amide bonds. The van der Waals surface area contributed by atoms with Crippen LogP contribution in [0, 0.1) is 36.5 Å². The highest BCUT2D eigenvalue weighted by Crippen LogP contribution is 2.69. The molecule has 8 rings (SSSR count). The van der Waals surface area contributed by atoms with Gasteiger partial charge in [-0.25, -0.2) is 0 Å². The maximum absolute atomic E-state index is 14.0. The summed E-state index contributed by atoms with van der Waals surface area (Å²) in [5.41, 5.74) is 3.89. The van der Waals surface area contributed by atoms with Crippen LogP contribution in [0.2, 0.25) is 5.02 Å². The zero-order valence-electron chi connectivity index (χ0n) is 22.7. The molecule has 4 aliphatic rings. The van der Waals surface area contributed by atoms with Gasteiger partial charge in [0.05, 0.1) is 22.5 Å². The summed E-state index contributed by atoms with van der Waals surface area (Å²) in [6, 6.07) is 23.3. The van der Waals surface area contributed by atoms with Crippen LogP contribution in [0.15, 0.2) is 82.6 Å². The van der Waals surface area contributed by atoms with Crippen molar-refractivity contribution in [2.45, 2.75) is 36.1 Å². The number of para-hydroxylation sites is 1. The fraction of sp³-hybridized carbons (Fsp3) is 0.303. The molecule has 1 aromatic heterocycles. The largest absolute Gasteiger partial charge is 0.489 e. The number of aryl methyl sites for hydroxylation is 1. The zero-order chi connectivity index (χ0) is 28.7. The molecule has 4 aromatic rings. The van der Waals surface area contributed by atoms with Crippen molar-refractivity contribution in [3.05, 3.63) is 109 Å². The fourth-order valence-corrected chi connectivity index (χ4v) is 10.9. The lowest BCUT2D eigenvalue weighted by atomic mass is 9.68. The van der Waals surface area contributed by atoms with Crippen molar-refractivity contribution in [2.75, 3.05) is 4.90 Å². The van der Waals surface area contributed by atoms with Crippen LogP contribution in [0.5, 0.6) is 5.75 Å². The van der Waals surface area contributed by atoms with Crippen molar-refractivity contribution in [3.8, 4) is 5.75 Å². The van der Waals surface area contributed by atoms with Crippen LogP contribution in [0.25, 0.3) is 0 Å². The minimum Gasteiger partial charge on any atom is -0.489 e. The number of nitrogens with zero attached hydrogens (tertiary/aromatic N) is 1. The maximum Gasteiger partial charge on any atom is 0.305 e. The third kappa shape index (κ3) is 3.95. The molecular weight excluding hydrogens is 588 g/mol. The van der Waals surface area contributed by atoms with Crippen molar-refractivity contribution in [3.63, 3.8) is 0 Å². The smallest absolute Gasteiger partial charge is 0.305 e. The summed E-state index contributed by atoms with van der Waals surface area (Å²) >= 11 is 9.05. The number of aromatic nitrogens is 1. The fourth-order valence-electron chi connectivity index (χ4n) is 7.92. The monoisotopic (exact) mass is 614 g/mol. The number of hydrogen-bond acceptors (Lipinski definition) is 6. The normalized spacial score (nSPS) is 29.0. The van der Waals surface area contributed by atoms with E-state index in [0.717, 1.165) is 33.2 Å². The molecule has 2 aliphatic carbocycles. The first-order valence-corrected chi connectivity index (χ1v) is 16.3. The number of benzene rings is 3. The molecule has 5 unspecified atom stereocenters. The predicted octanol–water partition coefficient (Wildman–Crippen LogP) is 6.66. The summed E-state index contributed by atoms with van der Waals surface area (Å²) in [7, 11) is 0. The van der Waals surface area contributed by atoms with Crippen LogP contribution in [0.3, 0.4) is 0 Å². The number of amides is 2. The van der Waals surface area contributed by atoms with E-state index in [0.29, 0.717) is 17.3 Å². The molecule has 6 nitrogen and oxygen atoms in total. The quantitative estimate of drug-likeness (QED) is 0.255. The van der Waals surface area contributed by atoms with Gasteiger partial charge in [-0.2, -0.15) is 0 Å². The molecule has 3 heterocycles. The van der Waals surface area contributed by atoms with Crippen molar-refractivity contribution < 1.29 is 14.3 Å². The van der Waals surface area contributed by atoms with Gasteiger partial charge < -0.3 is 9.72 Å². The van der Waals surface area contributed by atoms with Gasteiger partial charge in [0.25, 0.3) is 0 Å². The number of hydrogen-bond donors (Lipinski definition) is 1. The number of imide groups is 1. The highest BCUT2D eigenvalue weighted by atomic mass is 35.5. The van der Waals surface area contributed by atoms with Crippen LogP contribution in [-0.2, 0) is 16.2 Å². The van der Waals surface area contributed by atoms with Crippen LogP contribution in [0.1, 0.15) is 33.9 Å². The summed E-state index contributed by atoms with van der Waals surface area (Å²) in [6.07, 6.45) is 0.839. The van der Waals surface area contributed by atoms with E-state index >= 15 is 0 Å². The first kappa shape index (κ1) is 26.3. The number of carbonyl (C=O) groups is 2. The van der Waals surface area contributed by atoms with E-state index < -0.39 is 0 Å². The lowest BCUT2D eigenvalue weighted by Crippen LogP contribution is -2.42. The first-order valence-electron chi connectivity index (χ1n) is 14.2. The topological polar surface area (TPSA) is 79.5 Å². The Balaban J connectivity index is 1.18. The summed E-state index contributed by atoms with van der Waals surface area (Å²) in [6.45, 7) is 2.50. The molecule has 1 saturated heterocycles. The molecule has 3 aromatic carbocycles. The second kappa shape index (κ2) is 9.86. The Morgan fingerprint density at radius 1 is 0.929 bits per heavy atom. The second-order valence-corrected chi connectivity index (χ2v) is 14.4. The third-order valence-corrected chi connectivity index (χ3v) is 12.4. The highest BCUT2D eigenvalue weighted by molar-refractivity contribution is 8.00. The Morgan fingerprint density at radius 2 is 1.64 bits per heavy atom. The molecule has 0 radical (unpaired) electrons. The Hall–Kier alpha value is -3.33. The number of H-pyrrole nitrogens is 1. The molecule has 2 saturated carbocycles. The van der Waals surface area contributed by atoms with Crippen LogP contribution >= 0.6 is 34.7 Å². The van der Waals surface area contributed by atoms with E-state index in [2.05, 4.69) is 42.2 Å². The number of anilines is 1. The lowest BCUT2D eigenvalue weighted by molar-refractivity contribution is -0.123. The SMILES string of the molecule is Cc1ccc(COc2ccccc2C2c3sc(=O)[nH]c3SC3C2[C@H]2C[C@@H]3C3C(=O)N(c4ccc(Cl)cc4)C(=O)C32)cc1. The molecule has 2 bridgehead atoms. The van der Waals surface area contributed by atoms with Gasteiger partial charge in [0.15, 0.2) is 0 Å². The number of ether oxygens (including phenoxy) is 1. The van der Waals surface area contributed by atoms with Crippen molar-refractivity contribution in [1.82, 2.24) is 4.98 Å². The Bertz CT molecular complexity index is 1780. The number of thioether (sulfide) groups is 1. The Morgan fingerprint density at radius 3 is 2.40 bits per heavy atom. The summed E-state index contributed by atoms with van der Waals surface area (Å²) in [5, 5.41) is 1.57. The summed E-state index contributed by atoms with van der Waals surface area (Å²) in [5.74, 6) is -0.0421. The molecule has 9 heteroatoms. The van der Waals surface area contributed by atoms with E-state index in [1.165, 1.54) is 21.8 Å². The van der Waals surface area contributed by atoms with Crippen molar-refractivity contribution in [1.29, 1.82) is 0 Å². The second-order valence-electron chi connectivity index (χ2n) is 11.8. The highest BCUT2D eigenvalue weighted by Gasteiger charge is 2.69. The van der Waals surface area contributed by atoms with Crippen molar-refractivity contribution in [2.24, 2.45) is 29.6 Å². The maximum atomic E-state index is 14.0. The van der Waals surface area contributed by atoms with Gasteiger partial charge in [0.1, 0.15) is 12.4 Å². The minimum atomic E-state index is -0.361. The van der Waals surface area contributed by atoms with Gasteiger partial charge in [0.2, 0.25) is 11.8 Å². The van der Waals surface area contributed by atoms with Crippen molar-refractivity contribution >= 4 is 52.2 Å². The van der Waals surface area contributed by atoms with Gasteiger partial charge >= 0.3 is 4.87 Å². The number of fused-ring (bicyclic) bond motifs is 9. The molecule has 2 aliphatic heterocycles. The first-order chi connectivity index (χ1) is 20.4. The number of carbonyl (C=O) groups excluding carboxylic acids is 2. The lowest BCUT2D eigenvalue weighted by Gasteiger charge is -2.43. The van der Waals surface area contributed by atoms with E-state index in [-0.39, 0.29) is 57.4 Å².